The van der Waals surface area contributed by atoms with Gasteiger partial charge in [0.15, 0.2) is 0 Å². The maximum absolute atomic E-state index is 11.1. The van der Waals surface area contributed by atoms with Gasteiger partial charge >= 0.3 is 5.97 Å². The number of hydrogen-bond acceptors (Lipinski definition) is 5. The van der Waals surface area contributed by atoms with Crippen LogP contribution in [0.4, 0.5) is 0 Å². The number of hydrogen-bond donors (Lipinski definition) is 2. The molecule has 2 aromatic heterocycles. The number of aromatic carboxylic acids is 1. The van der Waals surface area contributed by atoms with Crippen molar-refractivity contribution in [2.75, 3.05) is 0 Å². The van der Waals surface area contributed by atoms with Crippen molar-refractivity contribution in [3.05, 3.63) is 60.0 Å². The number of benzene rings is 1. The van der Waals surface area contributed by atoms with Crippen molar-refractivity contribution >= 4 is 5.97 Å². The summed E-state index contributed by atoms with van der Waals surface area (Å²) in [4.78, 5) is 15.2. The van der Waals surface area contributed by atoms with E-state index in [9.17, 15) is 9.90 Å². The van der Waals surface area contributed by atoms with Gasteiger partial charge in [0.2, 0.25) is 0 Å². The van der Waals surface area contributed by atoms with E-state index < -0.39 is 5.97 Å². The molecule has 0 amide bonds. The molecule has 0 fully saturated rings. The maximum atomic E-state index is 11.1. The van der Waals surface area contributed by atoms with E-state index in [2.05, 4.69) is 15.3 Å². The second kappa shape index (κ2) is 5.74. The second-order valence-electron chi connectivity index (χ2n) is 4.55. The van der Waals surface area contributed by atoms with Gasteiger partial charge in [-0.15, -0.1) is 5.10 Å². The molecule has 110 valence electrons. The SMILES string of the molecule is O=C(O)c1cccc(-n2nnc(CO)c2-c2cccnc2)c1. The van der Waals surface area contributed by atoms with E-state index in [1.54, 1.807) is 30.6 Å². The standard InChI is InChI=1S/C15H12N4O3/c20-9-13-14(11-4-2-6-16-8-11)19(18-17-13)12-5-1-3-10(7-12)15(21)22/h1-8,20H,9H2,(H,21,22). The summed E-state index contributed by atoms with van der Waals surface area (Å²) in [7, 11) is 0. The van der Waals surface area contributed by atoms with Gasteiger partial charge in [0.25, 0.3) is 0 Å². The molecule has 7 heteroatoms. The molecule has 22 heavy (non-hydrogen) atoms. The first-order chi connectivity index (χ1) is 10.7. The van der Waals surface area contributed by atoms with Crippen LogP contribution in [0.3, 0.4) is 0 Å². The largest absolute Gasteiger partial charge is 0.478 e. The summed E-state index contributed by atoms with van der Waals surface area (Å²) in [6.45, 7) is -0.275. The zero-order valence-electron chi connectivity index (χ0n) is 11.4. The molecule has 0 saturated heterocycles. The summed E-state index contributed by atoms with van der Waals surface area (Å²) < 4.78 is 1.50. The molecule has 0 bridgehead atoms. The monoisotopic (exact) mass is 296 g/mol. The first-order valence-electron chi connectivity index (χ1n) is 6.50. The highest BCUT2D eigenvalue weighted by molar-refractivity contribution is 5.88. The molecule has 0 aliphatic heterocycles. The molecule has 2 heterocycles. The van der Waals surface area contributed by atoms with Crippen LogP contribution in [0.1, 0.15) is 16.1 Å². The van der Waals surface area contributed by atoms with Gasteiger partial charge in [0.1, 0.15) is 11.4 Å². The number of aliphatic hydroxyl groups is 1. The minimum absolute atomic E-state index is 0.149. The molecule has 1 aromatic carbocycles. The molecule has 0 aliphatic carbocycles. The predicted octanol–water partition coefficient (Wildman–Crippen LogP) is 1.52. The molecule has 2 N–H and O–H groups in total. The molecular weight excluding hydrogens is 284 g/mol. The summed E-state index contributed by atoms with van der Waals surface area (Å²) in [5.74, 6) is -1.02. The van der Waals surface area contributed by atoms with Crippen molar-refractivity contribution in [2.45, 2.75) is 6.61 Å². The molecule has 0 unspecified atom stereocenters. The highest BCUT2D eigenvalue weighted by Gasteiger charge is 2.16. The molecule has 0 aliphatic rings. The number of rotatable bonds is 4. The Balaban J connectivity index is 2.18. The normalized spacial score (nSPS) is 10.6. The third kappa shape index (κ3) is 2.45. The molecule has 0 spiro atoms. The minimum Gasteiger partial charge on any atom is -0.478 e. The fraction of sp³-hybridized carbons (Fsp3) is 0.0667. The van der Waals surface area contributed by atoms with E-state index in [0.717, 1.165) is 5.56 Å². The van der Waals surface area contributed by atoms with E-state index >= 15 is 0 Å². The Morgan fingerprint density at radius 3 is 2.77 bits per heavy atom. The highest BCUT2D eigenvalue weighted by atomic mass is 16.4. The first-order valence-corrected chi connectivity index (χ1v) is 6.50. The molecule has 3 rings (SSSR count). The summed E-state index contributed by atoms with van der Waals surface area (Å²) >= 11 is 0. The number of pyridine rings is 1. The topological polar surface area (TPSA) is 101 Å². The predicted molar refractivity (Wildman–Crippen MR) is 77.5 cm³/mol. The number of carboxylic acid groups (broad SMARTS) is 1. The van der Waals surface area contributed by atoms with Crippen LogP contribution in [-0.4, -0.2) is 36.2 Å². The molecule has 0 atom stereocenters. The lowest BCUT2D eigenvalue weighted by atomic mass is 10.1. The fourth-order valence-corrected chi connectivity index (χ4v) is 2.16. The zero-order valence-corrected chi connectivity index (χ0v) is 11.4. The third-order valence-corrected chi connectivity index (χ3v) is 3.16. The number of aromatic nitrogens is 4. The van der Waals surface area contributed by atoms with Crippen LogP contribution in [0.2, 0.25) is 0 Å². The smallest absolute Gasteiger partial charge is 0.335 e. The van der Waals surface area contributed by atoms with Gasteiger partial charge < -0.3 is 10.2 Å². The van der Waals surface area contributed by atoms with Crippen LogP contribution in [-0.2, 0) is 6.61 Å². The van der Waals surface area contributed by atoms with Gasteiger partial charge in [-0.2, -0.15) is 0 Å². The van der Waals surface area contributed by atoms with Gasteiger partial charge in [0, 0.05) is 18.0 Å². The van der Waals surface area contributed by atoms with Crippen LogP contribution in [0.15, 0.2) is 48.8 Å². The maximum Gasteiger partial charge on any atom is 0.335 e. The lowest BCUT2D eigenvalue weighted by Crippen LogP contribution is -2.03. The van der Waals surface area contributed by atoms with Crippen LogP contribution < -0.4 is 0 Å². The Morgan fingerprint density at radius 1 is 1.23 bits per heavy atom. The first kappa shape index (κ1) is 13.9. The van der Waals surface area contributed by atoms with Crippen LogP contribution in [0.25, 0.3) is 16.9 Å². The highest BCUT2D eigenvalue weighted by Crippen LogP contribution is 2.24. The van der Waals surface area contributed by atoms with Gasteiger partial charge in [0.05, 0.1) is 17.9 Å². The second-order valence-corrected chi connectivity index (χ2v) is 4.55. The number of carbonyl (C=O) groups is 1. The van der Waals surface area contributed by atoms with Crippen molar-refractivity contribution in [3.8, 4) is 16.9 Å². The Bertz CT molecular complexity index is 815. The lowest BCUT2D eigenvalue weighted by Gasteiger charge is -2.08. The van der Waals surface area contributed by atoms with E-state index in [1.165, 1.54) is 16.8 Å². The Hall–Kier alpha value is -3.06. The molecular formula is C15H12N4O3. The van der Waals surface area contributed by atoms with Crippen LogP contribution >= 0.6 is 0 Å². The van der Waals surface area contributed by atoms with Gasteiger partial charge in [-0.05, 0) is 30.3 Å². The lowest BCUT2D eigenvalue weighted by molar-refractivity contribution is 0.0697. The Labute approximate surface area is 125 Å². The average Bonchev–Trinajstić information content (AvgIpc) is 2.99. The van der Waals surface area contributed by atoms with Crippen LogP contribution in [0, 0.1) is 0 Å². The summed E-state index contributed by atoms with van der Waals surface area (Å²) in [6.07, 6.45) is 3.27. The van der Waals surface area contributed by atoms with Gasteiger partial charge in [-0.25, -0.2) is 9.48 Å². The van der Waals surface area contributed by atoms with Crippen molar-refractivity contribution < 1.29 is 15.0 Å². The van der Waals surface area contributed by atoms with E-state index in [1.807, 2.05) is 6.07 Å². The average molecular weight is 296 g/mol. The Morgan fingerprint density at radius 2 is 2.09 bits per heavy atom. The summed E-state index contributed by atoms with van der Waals surface area (Å²) in [5.41, 5.74) is 2.41. The summed E-state index contributed by atoms with van der Waals surface area (Å²) in [6, 6.07) is 9.94. The molecule has 7 nitrogen and oxygen atoms in total. The third-order valence-electron chi connectivity index (χ3n) is 3.16. The van der Waals surface area contributed by atoms with E-state index in [0.29, 0.717) is 17.1 Å². The molecule has 0 saturated carbocycles. The van der Waals surface area contributed by atoms with Crippen LogP contribution in [0.5, 0.6) is 0 Å². The number of nitrogens with zero attached hydrogens (tertiary/aromatic N) is 4. The van der Waals surface area contributed by atoms with Crippen molar-refractivity contribution in [1.29, 1.82) is 0 Å². The number of aliphatic hydroxyl groups excluding tert-OH is 1. The van der Waals surface area contributed by atoms with Crippen molar-refractivity contribution in [1.82, 2.24) is 20.0 Å². The number of carboxylic acids is 1. The minimum atomic E-state index is -1.02. The van der Waals surface area contributed by atoms with Crippen molar-refractivity contribution in [2.24, 2.45) is 0 Å². The molecule has 0 radical (unpaired) electrons. The molecule has 3 aromatic rings. The van der Waals surface area contributed by atoms with Crippen molar-refractivity contribution in [3.63, 3.8) is 0 Å². The van der Waals surface area contributed by atoms with E-state index in [4.69, 9.17) is 5.11 Å². The van der Waals surface area contributed by atoms with Gasteiger partial charge in [-0.1, -0.05) is 11.3 Å². The Kier molecular flexibility index (Phi) is 3.63. The quantitative estimate of drug-likeness (QED) is 0.757. The fourth-order valence-electron chi connectivity index (χ4n) is 2.16. The van der Waals surface area contributed by atoms with Gasteiger partial charge in [-0.3, -0.25) is 4.98 Å². The summed E-state index contributed by atoms with van der Waals surface area (Å²) in [5, 5.41) is 26.5. The zero-order chi connectivity index (χ0) is 15.5. The van der Waals surface area contributed by atoms with E-state index in [-0.39, 0.29) is 12.2 Å².